The van der Waals surface area contributed by atoms with Gasteiger partial charge in [-0.1, -0.05) is 31.2 Å². The molecule has 1 amide bonds. The van der Waals surface area contributed by atoms with Crippen LogP contribution in [0, 0.1) is 0 Å². The molecule has 2 rings (SSSR count). The van der Waals surface area contributed by atoms with E-state index in [1.807, 2.05) is 31.2 Å². The summed E-state index contributed by atoms with van der Waals surface area (Å²) in [7, 11) is 0. The molecule has 0 bridgehead atoms. The van der Waals surface area contributed by atoms with Crippen molar-refractivity contribution in [3.05, 3.63) is 65.2 Å². The molecule has 1 atom stereocenters. The minimum atomic E-state index is -0.551. The Balaban J connectivity index is 1.83. The van der Waals surface area contributed by atoms with Gasteiger partial charge in [-0.05, 0) is 48.7 Å². The van der Waals surface area contributed by atoms with Crippen LogP contribution in [0.3, 0.4) is 0 Å². The Morgan fingerprint density at radius 3 is 2.29 bits per heavy atom. The molecule has 126 valence electrons. The SMILES string of the molecule is CCc1ccc([C@@H](C)NC(=O)COC(=O)c2ccc(N)cc2)cc1. The molecule has 0 spiro atoms. The number of nitrogens with two attached hydrogens (primary N) is 1. The van der Waals surface area contributed by atoms with E-state index >= 15 is 0 Å². The first-order chi connectivity index (χ1) is 11.5. The van der Waals surface area contributed by atoms with Crippen LogP contribution >= 0.6 is 0 Å². The maximum Gasteiger partial charge on any atom is 0.338 e. The third-order valence-corrected chi connectivity index (χ3v) is 3.75. The van der Waals surface area contributed by atoms with Crippen LogP contribution in [0.25, 0.3) is 0 Å². The number of carbonyl (C=O) groups excluding carboxylic acids is 2. The number of carbonyl (C=O) groups is 2. The Labute approximate surface area is 141 Å². The number of nitrogen functional groups attached to an aromatic ring is 1. The number of benzene rings is 2. The minimum absolute atomic E-state index is 0.154. The quantitative estimate of drug-likeness (QED) is 0.632. The first-order valence-electron chi connectivity index (χ1n) is 7.90. The summed E-state index contributed by atoms with van der Waals surface area (Å²) in [6.45, 7) is 3.66. The zero-order chi connectivity index (χ0) is 17.5. The molecule has 0 fully saturated rings. The van der Waals surface area contributed by atoms with Crippen molar-refractivity contribution < 1.29 is 14.3 Å². The van der Waals surface area contributed by atoms with E-state index in [-0.39, 0.29) is 18.6 Å². The van der Waals surface area contributed by atoms with Crippen molar-refractivity contribution in [2.75, 3.05) is 12.3 Å². The molecule has 5 heteroatoms. The van der Waals surface area contributed by atoms with Crippen LogP contribution in [0.5, 0.6) is 0 Å². The number of nitrogens with one attached hydrogen (secondary N) is 1. The second-order valence-electron chi connectivity index (χ2n) is 5.58. The number of rotatable bonds is 6. The van der Waals surface area contributed by atoms with Gasteiger partial charge in [0, 0.05) is 5.69 Å². The van der Waals surface area contributed by atoms with Gasteiger partial charge in [0.1, 0.15) is 0 Å². The van der Waals surface area contributed by atoms with E-state index in [1.165, 1.54) is 5.56 Å². The van der Waals surface area contributed by atoms with Gasteiger partial charge in [0.05, 0.1) is 11.6 Å². The van der Waals surface area contributed by atoms with Gasteiger partial charge >= 0.3 is 5.97 Å². The Kier molecular flexibility index (Phi) is 5.95. The van der Waals surface area contributed by atoms with E-state index in [4.69, 9.17) is 10.5 Å². The van der Waals surface area contributed by atoms with Gasteiger partial charge in [0.2, 0.25) is 0 Å². The van der Waals surface area contributed by atoms with Crippen molar-refractivity contribution in [2.24, 2.45) is 0 Å². The molecule has 0 aliphatic carbocycles. The van der Waals surface area contributed by atoms with Gasteiger partial charge in [-0.3, -0.25) is 4.79 Å². The van der Waals surface area contributed by atoms with Crippen molar-refractivity contribution >= 4 is 17.6 Å². The molecule has 0 aromatic heterocycles. The molecule has 5 nitrogen and oxygen atoms in total. The Hall–Kier alpha value is -2.82. The topological polar surface area (TPSA) is 81.4 Å². The van der Waals surface area contributed by atoms with Crippen molar-refractivity contribution in [1.29, 1.82) is 0 Å². The van der Waals surface area contributed by atoms with Crippen molar-refractivity contribution in [3.8, 4) is 0 Å². The fraction of sp³-hybridized carbons (Fsp3) is 0.263. The summed E-state index contributed by atoms with van der Waals surface area (Å²) in [6.07, 6.45) is 0.974. The predicted molar refractivity (Wildman–Crippen MR) is 93.5 cm³/mol. The highest BCUT2D eigenvalue weighted by atomic mass is 16.5. The minimum Gasteiger partial charge on any atom is -0.452 e. The van der Waals surface area contributed by atoms with Gasteiger partial charge < -0.3 is 15.8 Å². The smallest absolute Gasteiger partial charge is 0.338 e. The first-order valence-corrected chi connectivity index (χ1v) is 7.90. The maximum absolute atomic E-state index is 11.9. The zero-order valence-corrected chi connectivity index (χ0v) is 13.9. The van der Waals surface area contributed by atoms with Gasteiger partial charge in [0.25, 0.3) is 5.91 Å². The van der Waals surface area contributed by atoms with Crippen LogP contribution in [0.4, 0.5) is 5.69 Å². The van der Waals surface area contributed by atoms with E-state index < -0.39 is 5.97 Å². The van der Waals surface area contributed by atoms with E-state index in [0.29, 0.717) is 11.3 Å². The normalized spacial score (nSPS) is 11.6. The fourth-order valence-electron chi connectivity index (χ4n) is 2.24. The highest BCUT2D eigenvalue weighted by molar-refractivity contribution is 5.91. The molecule has 0 heterocycles. The standard InChI is InChI=1S/C19H22N2O3/c1-3-14-4-6-15(7-5-14)13(2)21-18(22)12-24-19(23)16-8-10-17(20)11-9-16/h4-11,13H,3,12,20H2,1-2H3,(H,21,22)/t13-/m1/s1. The summed E-state index contributed by atoms with van der Waals surface area (Å²) in [5.41, 5.74) is 8.73. The molecule has 0 saturated carbocycles. The Bertz CT molecular complexity index is 694. The summed E-state index contributed by atoms with van der Waals surface area (Å²) in [5.74, 6) is -0.893. The average molecular weight is 326 g/mol. The predicted octanol–water partition coefficient (Wildman–Crippen LogP) is 2.87. The van der Waals surface area contributed by atoms with E-state index in [0.717, 1.165) is 12.0 Å². The lowest BCUT2D eigenvalue weighted by Crippen LogP contribution is -2.31. The molecule has 0 radical (unpaired) electrons. The number of amides is 1. The summed E-state index contributed by atoms with van der Waals surface area (Å²) in [6, 6.07) is 14.3. The lowest BCUT2D eigenvalue weighted by Gasteiger charge is -2.15. The highest BCUT2D eigenvalue weighted by Gasteiger charge is 2.13. The van der Waals surface area contributed by atoms with Crippen molar-refractivity contribution in [1.82, 2.24) is 5.32 Å². The molecule has 2 aromatic carbocycles. The molecular weight excluding hydrogens is 304 g/mol. The number of esters is 1. The number of hydrogen-bond acceptors (Lipinski definition) is 4. The molecule has 24 heavy (non-hydrogen) atoms. The van der Waals surface area contributed by atoms with Gasteiger partial charge in [-0.15, -0.1) is 0 Å². The van der Waals surface area contributed by atoms with Crippen LogP contribution in [0.2, 0.25) is 0 Å². The molecule has 3 N–H and O–H groups in total. The van der Waals surface area contributed by atoms with Crippen LogP contribution in [-0.4, -0.2) is 18.5 Å². The number of hydrogen-bond donors (Lipinski definition) is 2. The summed E-state index contributed by atoms with van der Waals surface area (Å²) in [5, 5.41) is 2.81. The second-order valence-corrected chi connectivity index (χ2v) is 5.58. The van der Waals surface area contributed by atoms with Crippen molar-refractivity contribution in [2.45, 2.75) is 26.3 Å². The maximum atomic E-state index is 11.9. The molecule has 0 unspecified atom stereocenters. The van der Waals surface area contributed by atoms with Crippen LogP contribution < -0.4 is 11.1 Å². The number of ether oxygens (including phenoxy) is 1. The van der Waals surface area contributed by atoms with Gasteiger partial charge in [0.15, 0.2) is 6.61 Å². The second kappa shape index (κ2) is 8.15. The Morgan fingerprint density at radius 2 is 1.71 bits per heavy atom. The lowest BCUT2D eigenvalue weighted by atomic mass is 10.1. The first kappa shape index (κ1) is 17.5. The number of aryl methyl sites for hydroxylation is 1. The summed E-state index contributed by atoms with van der Waals surface area (Å²) in [4.78, 5) is 23.8. The molecule has 0 aliphatic heterocycles. The fourth-order valence-corrected chi connectivity index (χ4v) is 2.24. The Morgan fingerprint density at radius 1 is 1.08 bits per heavy atom. The van der Waals surface area contributed by atoms with Crippen LogP contribution in [-0.2, 0) is 16.0 Å². The third-order valence-electron chi connectivity index (χ3n) is 3.75. The molecule has 0 aliphatic rings. The summed E-state index contributed by atoms with van der Waals surface area (Å²) >= 11 is 0. The van der Waals surface area contributed by atoms with E-state index in [2.05, 4.69) is 12.2 Å². The number of anilines is 1. The van der Waals surface area contributed by atoms with Gasteiger partial charge in [-0.25, -0.2) is 4.79 Å². The molecule has 0 saturated heterocycles. The van der Waals surface area contributed by atoms with E-state index in [9.17, 15) is 9.59 Å². The van der Waals surface area contributed by atoms with Crippen molar-refractivity contribution in [3.63, 3.8) is 0 Å². The highest BCUT2D eigenvalue weighted by Crippen LogP contribution is 2.13. The third kappa shape index (κ3) is 4.84. The van der Waals surface area contributed by atoms with Crippen LogP contribution in [0.1, 0.15) is 41.4 Å². The molecule has 2 aromatic rings. The largest absolute Gasteiger partial charge is 0.452 e. The van der Waals surface area contributed by atoms with E-state index in [1.54, 1.807) is 24.3 Å². The van der Waals surface area contributed by atoms with Crippen LogP contribution in [0.15, 0.2) is 48.5 Å². The zero-order valence-electron chi connectivity index (χ0n) is 13.9. The van der Waals surface area contributed by atoms with Gasteiger partial charge in [-0.2, -0.15) is 0 Å². The average Bonchev–Trinajstić information content (AvgIpc) is 2.60. The lowest BCUT2D eigenvalue weighted by molar-refractivity contribution is -0.124. The molecular formula is C19H22N2O3. The monoisotopic (exact) mass is 326 g/mol. The summed E-state index contributed by atoms with van der Waals surface area (Å²) < 4.78 is 5.01.